The maximum atomic E-state index is 6.17. The predicted molar refractivity (Wildman–Crippen MR) is 91.0 cm³/mol. The Hall–Kier alpha value is 0.240. The quantitative estimate of drug-likeness (QED) is 0.476. The molecule has 3 heterocycles. The molecule has 3 rings (SSSR count). The Bertz CT molecular complexity index is 429. The van der Waals surface area contributed by atoms with Crippen molar-refractivity contribution in [3.63, 3.8) is 0 Å². The molecule has 3 aliphatic rings. The van der Waals surface area contributed by atoms with Crippen LogP contribution >= 0.6 is 15.9 Å². The molecule has 0 saturated carbocycles. The van der Waals surface area contributed by atoms with E-state index in [9.17, 15) is 0 Å². The van der Waals surface area contributed by atoms with Crippen LogP contribution in [0.5, 0.6) is 0 Å². The van der Waals surface area contributed by atoms with Crippen LogP contribution in [0.1, 0.15) is 47.0 Å². The molecular formula is C17H29BrO6. The normalized spacial score (nSPS) is 40.1. The maximum Gasteiger partial charge on any atom is 0.190 e. The Labute approximate surface area is 152 Å². The van der Waals surface area contributed by atoms with Crippen LogP contribution in [-0.4, -0.2) is 60.8 Å². The van der Waals surface area contributed by atoms with E-state index >= 15 is 0 Å². The molecular weight excluding hydrogens is 380 g/mol. The van der Waals surface area contributed by atoms with Gasteiger partial charge in [0.15, 0.2) is 17.9 Å². The standard InChI is InChI=1S/C17H29BrO6/c1-16(2)20-10-11(22-16)12-13(19-9-7-5-6-8-18)14-15(21-12)24-17(3,4)23-14/h11-15H,5-10H2,1-4H3/t11-,12-,13+,14+,15-/m1/s1. The van der Waals surface area contributed by atoms with Crippen LogP contribution in [0, 0.1) is 0 Å². The topological polar surface area (TPSA) is 55.4 Å². The van der Waals surface area contributed by atoms with Gasteiger partial charge in [-0.15, -0.1) is 0 Å². The number of hydrogen-bond acceptors (Lipinski definition) is 6. The Morgan fingerprint density at radius 1 is 0.958 bits per heavy atom. The molecule has 0 aromatic carbocycles. The van der Waals surface area contributed by atoms with Gasteiger partial charge in [-0.25, -0.2) is 0 Å². The minimum absolute atomic E-state index is 0.173. The minimum Gasteiger partial charge on any atom is -0.372 e. The molecule has 0 aromatic rings. The molecule has 6 nitrogen and oxygen atoms in total. The lowest BCUT2D eigenvalue weighted by Crippen LogP contribution is -2.44. The molecule has 0 aromatic heterocycles. The molecule has 0 spiro atoms. The molecule has 0 aliphatic carbocycles. The van der Waals surface area contributed by atoms with Gasteiger partial charge in [0.25, 0.3) is 0 Å². The maximum absolute atomic E-state index is 6.17. The monoisotopic (exact) mass is 408 g/mol. The number of fused-ring (bicyclic) bond motifs is 1. The fraction of sp³-hybridized carbons (Fsp3) is 1.00. The summed E-state index contributed by atoms with van der Waals surface area (Å²) in [5.41, 5.74) is 0. The van der Waals surface area contributed by atoms with E-state index in [0.717, 1.165) is 24.6 Å². The van der Waals surface area contributed by atoms with Crippen molar-refractivity contribution in [2.75, 3.05) is 18.5 Å². The second kappa shape index (κ2) is 7.47. The van der Waals surface area contributed by atoms with Gasteiger partial charge in [-0.1, -0.05) is 22.4 Å². The van der Waals surface area contributed by atoms with Crippen LogP contribution < -0.4 is 0 Å². The van der Waals surface area contributed by atoms with Crippen molar-refractivity contribution in [1.29, 1.82) is 0 Å². The lowest BCUT2D eigenvalue weighted by Gasteiger charge is -2.29. The third-order valence-electron chi connectivity index (χ3n) is 4.51. The molecule has 3 saturated heterocycles. The van der Waals surface area contributed by atoms with Gasteiger partial charge in [-0.2, -0.15) is 0 Å². The summed E-state index contributed by atoms with van der Waals surface area (Å²) in [6.07, 6.45) is 2.05. The number of halogens is 1. The van der Waals surface area contributed by atoms with Crippen LogP contribution in [0.4, 0.5) is 0 Å². The smallest absolute Gasteiger partial charge is 0.190 e. The lowest BCUT2D eigenvalue weighted by molar-refractivity contribution is -0.236. The average Bonchev–Trinajstić information content (AvgIpc) is 3.09. The van der Waals surface area contributed by atoms with Crippen molar-refractivity contribution >= 4 is 15.9 Å². The van der Waals surface area contributed by atoms with E-state index in [2.05, 4.69) is 15.9 Å². The number of hydrogen-bond donors (Lipinski definition) is 0. The molecule has 140 valence electrons. The first-order chi connectivity index (χ1) is 11.3. The van der Waals surface area contributed by atoms with Gasteiger partial charge in [0.1, 0.15) is 24.4 Å². The van der Waals surface area contributed by atoms with Crippen LogP contribution in [-0.2, 0) is 28.4 Å². The van der Waals surface area contributed by atoms with Gasteiger partial charge in [0, 0.05) is 11.9 Å². The number of ether oxygens (including phenoxy) is 6. The van der Waals surface area contributed by atoms with Gasteiger partial charge in [0.05, 0.1) is 6.61 Å². The predicted octanol–water partition coefficient (Wildman–Crippen LogP) is 2.96. The highest BCUT2D eigenvalue weighted by Gasteiger charge is 2.58. The zero-order valence-corrected chi connectivity index (χ0v) is 16.5. The van der Waals surface area contributed by atoms with Crippen molar-refractivity contribution in [1.82, 2.24) is 0 Å². The third-order valence-corrected chi connectivity index (χ3v) is 5.07. The van der Waals surface area contributed by atoms with Crippen LogP contribution in [0.3, 0.4) is 0 Å². The number of rotatable bonds is 7. The zero-order chi connectivity index (χ0) is 17.4. The van der Waals surface area contributed by atoms with Crippen molar-refractivity contribution in [2.24, 2.45) is 0 Å². The Kier molecular flexibility index (Phi) is 5.91. The highest BCUT2D eigenvalue weighted by molar-refractivity contribution is 9.09. The van der Waals surface area contributed by atoms with Gasteiger partial charge in [0.2, 0.25) is 0 Å². The highest BCUT2D eigenvalue weighted by Crippen LogP contribution is 2.41. The molecule has 3 aliphatic heterocycles. The van der Waals surface area contributed by atoms with E-state index in [0.29, 0.717) is 13.2 Å². The molecule has 5 atom stereocenters. The second-order valence-corrected chi connectivity index (χ2v) is 8.31. The molecule has 24 heavy (non-hydrogen) atoms. The van der Waals surface area contributed by atoms with Gasteiger partial charge in [-0.3, -0.25) is 0 Å². The summed E-state index contributed by atoms with van der Waals surface area (Å²) < 4.78 is 35.8. The molecule has 3 fully saturated rings. The van der Waals surface area contributed by atoms with E-state index in [1.54, 1.807) is 0 Å². The summed E-state index contributed by atoms with van der Waals surface area (Å²) in [5, 5.41) is 1.03. The van der Waals surface area contributed by atoms with Crippen LogP contribution in [0.15, 0.2) is 0 Å². The van der Waals surface area contributed by atoms with E-state index in [1.165, 1.54) is 0 Å². The van der Waals surface area contributed by atoms with Crippen molar-refractivity contribution in [2.45, 2.75) is 89.2 Å². The van der Waals surface area contributed by atoms with E-state index in [4.69, 9.17) is 28.4 Å². The summed E-state index contributed by atoms with van der Waals surface area (Å²) >= 11 is 3.45. The summed E-state index contributed by atoms with van der Waals surface area (Å²) in [6.45, 7) is 8.79. The first-order valence-electron chi connectivity index (χ1n) is 8.82. The number of unbranched alkanes of at least 4 members (excludes halogenated alkanes) is 2. The van der Waals surface area contributed by atoms with E-state index in [1.807, 2.05) is 27.7 Å². The van der Waals surface area contributed by atoms with Crippen molar-refractivity contribution in [3.05, 3.63) is 0 Å². The second-order valence-electron chi connectivity index (χ2n) is 7.52. The van der Waals surface area contributed by atoms with E-state index in [-0.39, 0.29) is 24.4 Å². The van der Waals surface area contributed by atoms with Crippen LogP contribution in [0.2, 0.25) is 0 Å². The summed E-state index contributed by atoms with van der Waals surface area (Å²) in [7, 11) is 0. The average molecular weight is 409 g/mol. The molecule has 0 unspecified atom stereocenters. The first-order valence-corrected chi connectivity index (χ1v) is 9.94. The Morgan fingerprint density at radius 2 is 1.75 bits per heavy atom. The molecule has 0 N–H and O–H groups in total. The molecule has 0 amide bonds. The van der Waals surface area contributed by atoms with Crippen molar-refractivity contribution in [3.8, 4) is 0 Å². The summed E-state index contributed by atoms with van der Waals surface area (Å²) in [5.74, 6) is -1.24. The third kappa shape index (κ3) is 4.31. The summed E-state index contributed by atoms with van der Waals surface area (Å²) in [4.78, 5) is 0. The van der Waals surface area contributed by atoms with Gasteiger partial charge < -0.3 is 28.4 Å². The van der Waals surface area contributed by atoms with Gasteiger partial charge in [-0.05, 0) is 40.5 Å². The largest absolute Gasteiger partial charge is 0.372 e. The van der Waals surface area contributed by atoms with Crippen LogP contribution in [0.25, 0.3) is 0 Å². The SMILES string of the molecule is CC1(C)O[C@H]2O[C@H]([C@H]3COC(C)(C)O3)[C@H](OCCCCCBr)[C@@H]2O1. The van der Waals surface area contributed by atoms with Crippen molar-refractivity contribution < 1.29 is 28.4 Å². The number of alkyl halides is 1. The fourth-order valence-electron chi connectivity index (χ4n) is 3.46. The molecule has 0 bridgehead atoms. The first kappa shape index (κ1) is 19.0. The highest BCUT2D eigenvalue weighted by atomic mass is 79.9. The fourth-order valence-corrected chi connectivity index (χ4v) is 3.86. The zero-order valence-electron chi connectivity index (χ0n) is 15.0. The van der Waals surface area contributed by atoms with Gasteiger partial charge >= 0.3 is 0 Å². The Balaban J connectivity index is 1.62. The summed E-state index contributed by atoms with van der Waals surface area (Å²) in [6, 6.07) is 0. The lowest BCUT2D eigenvalue weighted by atomic mass is 10.1. The Morgan fingerprint density at radius 3 is 2.42 bits per heavy atom. The molecule has 0 radical (unpaired) electrons. The molecule has 7 heteroatoms. The minimum atomic E-state index is -0.649. The van der Waals surface area contributed by atoms with E-state index < -0.39 is 17.9 Å².